The third kappa shape index (κ3) is 6.11. The fourth-order valence-corrected chi connectivity index (χ4v) is 1.66. The Morgan fingerprint density at radius 1 is 1.21 bits per heavy atom. The number of carbonyl (C=O) groups excluding carboxylic acids is 1. The Labute approximate surface area is 113 Å². The highest BCUT2D eigenvalue weighted by molar-refractivity contribution is 6.00. The first-order valence-electron chi connectivity index (χ1n) is 6.55. The average molecular weight is 270 g/mol. The molecule has 5 heteroatoms. The Bertz CT molecular complexity index is 313. The van der Waals surface area contributed by atoms with Gasteiger partial charge in [-0.15, -0.1) is 0 Å². The minimum absolute atomic E-state index is 0.113. The molecule has 5 nitrogen and oxygen atoms in total. The molecule has 108 valence electrons. The van der Waals surface area contributed by atoms with Gasteiger partial charge in [0.15, 0.2) is 12.1 Å². The second-order valence-electron chi connectivity index (χ2n) is 4.23. The molecule has 0 aromatic heterocycles. The number of allylic oxidation sites excluding steroid dienone is 2. The van der Waals surface area contributed by atoms with Gasteiger partial charge in [-0.3, -0.25) is 4.79 Å². The van der Waals surface area contributed by atoms with Gasteiger partial charge >= 0.3 is 0 Å². The van der Waals surface area contributed by atoms with E-state index in [1.165, 1.54) is 24.3 Å². The number of ether oxygens (including phenoxy) is 3. The molecule has 0 unspecified atom stereocenters. The van der Waals surface area contributed by atoms with Crippen molar-refractivity contribution in [1.82, 2.24) is 0 Å². The SMILES string of the molecule is CCOC(COCCC1(O)C=CC(=O)C=C1)OCC. The predicted octanol–water partition coefficient (Wildman–Crippen LogP) is 1.22. The first-order chi connectivity index (χ1) is 9.09. The normalized spacial score (nSPS) is 17.4. The summed E-state index contributed by atoms with van der Waals surface area (Å²) in [6, 6.07) is 0. The summed E-state index contributed by atoms with van der Waals surface area (Å²) in [5, 5.41) is 10.1. The molecule has 1 aliphatic rings. The number of aliphatic hydroxyl groups is 1. The highest BCUT2D eigenvalue weighted by Gasteiger charge is 2.23. The molecule has 19 heavy (non-hydrogen) atoms. The third-order valence-corrected chi connectivity index (χ3v) is 2.68. The van der Waals surface area contributed by atoms with Crippen molar-refractivity contribution in [1.29, 1.82) is 0 Å². The molecule has 0 saturated carbocycles. The van der Waals surface area contributed by atoms with Gasteiger partial charge in [-0.2, -0.15) is 0 Å². The van der Waals surface area contributed by atoms with E-state index in [1.54, 1.807) is 0 Å². The topological polar surface area (TPSA) is 65.0 Å². The Hall–Kier alpha value is -1.01. The molecule has 0 heterocycles. The quantitative estimate of drug-likeness (QED) is 0.504. The Morgan fingerprint density at radius 2 is 1.79 bits per heavy atom. The second kappa shape index (κ2) is 8.22. The van der Waals surface area contributed by atoms with E-state index in [4.69, 9.17) is 14.2 Å². The van der Waals surface area contributed by atoms with Crippen LogP contribution in [0, 0.1) is 0 Å². The molecule has 1 rings (SSSR count). The maximum absolute atomic E-state index is 11.0. The van der Waals surface area contributed by atoms with E-state index in [2.05, 4.69) is 0 Å². The number of rotatable bonds is 9. The molecule has 1 aliphatic carbocycles. The van der Waals surface area contributed by atoms with Gasteiger partial charge < -0.3 is 19.3 Å². The predicted molar refractivity (Wildman–Crippen MR) is 70.7 cm³/mol. The monoisotopic (exact) mass is 270 g/mol. The highest BCUT2D eigenvalue weighted by atomic mass is 16.7. The van der Waals surface area contributed by atoms with Gasteiger partial charge in [-0.25, -0.2) is 0 Å². The van der Waals surface area contributed by atoms with E-state index >= 15 is 0 Å². The summed E-state index contributed by atoms with van der Waals surface area (Å²) in [5.41, 5.74) is -1.10. The number of hydrogen-bond acceptors (Lipinski definition) is 5. The summed E-state index contributed by atoms with van der Waals surface area (Å²) < 4.78 is 16.1. The zero-order chi connectivity index (χ0) is 14.1. The molecule has 0 radical (unpaired) electrons. The molecule has 0 spiro atoms. The molecular formula is C14H22O5. The van der Waals surface area contributed by atoms with E-state index in [0.29, 0.717) is 32.8 Å². The van der Waals surface area contributed by atoms with Gasteiger partial charge in [0.25, 0.3) is 0 Å². The number of hydrogen-bond donors (Lipinski definition) is 1. The molecule has 0 bridgehead atoms. The Morgan fingerprint density at radius 3 is 2.32 bits per heavy atom. The molecule has 0 aliphatic heterocycles. The maximum atomic E-state index is 11.0. The van der Waals surface area contributed by atoms with E-state index in [0.717, 1.165) is 0 Å². The first kappa shape index (κ1) is 16.0. The van der Waals surface area contributed by atoms with Crippen molar-refractivity contribution in [3.63, 3.8) is 0 Å². The van der Waals surface area contributed by atoms with Crippen LogP contribution in [0.25, 0.3) is 0 Å². The third-order valence-electron chi connectivity index (χ3n) is 2.68. The molecule has 0 saturated heterocycles. The van der Waals surface area contributed by atoms with Crippen molar-refractivity contribution in [2.24, 2.45) is 0 Å². The first-order valence-corrected chi connectivity index (χ1v) is 6.55. The van der Waals surface area contributed by atoms with Crippen LogP contribution >= 0.6 is 0 Å². The molecule has 0 atom stereocenters. The van der Waals surface area contributed by atoms with Crippen LogP contribution in [0.15, 0.2) is 24.3 Å². The van der Waals surface area contributed by atoms with Crippen LogP contribution in [0.5, 0.6) is 0 Å². The fraction of sp³-hybridized carbons (Fsp3) is 0.643. The van der Waals surface area contributed by atoms with Crippen LogP contribution < -0.4 is 0 Å². The molecule has 0 amide bonds. The van der Waals surface area contributed by atoms with E-state index in [9.17, 15) is 9.90 Å². The number of ketones is 1. The largest absolute Gasteiger partial charge is 0.382 e. The summed E-state index contributed by atoms with van der Waals surface area (Å²) >= 11 is 0. The molecular weight excluding hydrogens is 248 g/mol. The lowest BCUT2D eigenvalue weighted by molar-refractivity contribution is -0.168. The van der Waals surface area contributed by atoms with Gasteiger partial charge in [-0.1, -0.05) is 0 Å². The zero-order valence-electron chi connectivity index (χ0n) is 11.5. The van der Waals surface area contributed by atoms with Crippen LogP contribution in [0.2, 0.25) is 0 Å². The summed E-state index contributed by atoms with van der Waals surface area (Å²) in [5.74, 6) is -0.113. The molecule has 1 N–H and O–H groups in total. The molecule has 0 aromatic carbocycles. The summed E-state index contributed by atoms with van der Waals surface area (Å²) in [6.45, 7) is 5.59. The van der Waals surface area contributed by atoms with Crippen molar-refractivity contribution in [3.05, 3.63) is 24.3 Å². The van der Waals surface area contributed by atoms with Crippen molar-refractivity contribution in [2.45, 2.75) is 32.2 Å². The highest BCUT2D eigenvalue weighted by Crippen LogP contribution is 2.18. The van der Waals surface area contributed by atoms with E-state index in [1.807, 2.05) is 13.8 Å². The van der Waals surface area contributed by atoms with Crippen LogP contribution in [-0.4, -0.2) is 49.2 Å². The van der Waals surface area contributed by atoms with Gasteiger partial charge in [0.1, 0.15) is 5.60 Å². The van der Waals surface area contributed by atoms with Gasteiger partial charge in [0.05, 0.1) is 13.2 Å². The van der Waals surface area contributed by atoms with Crippen molar-refractivity contribution < 1.29 is 24.1 Å². The van der Waals surface area contributed by atoms with E-state index in [-0.39, 0.29) is 12.1 Å². The van der Waals surface area contributed by atoms with Gasteiger partial charge in [0, 0.05) is 19.6 Å². The van der Waals surface area contributed by atoms with Crippen LogP contribution in [0.3, 0.4) is 0 Å². The standard InChI is InChI=1S/C14H22O5/c1-3-18-13(19-4-2)11-17-10-9-14(16)7-5-12(15)6-8-14/h5-8,13,16H,3-4,9-11H2,1-2H3. The van der Waals surface area contributed by atoms with E-state index < -0.39 is 5.60 Å². The van der Waals surface area contributed by atoms with Crippen molar-refractivity contribution in [2.75, 3.05) is 26.4 Å². The summed E-state index contributed by atoms with van der Waals surface area (Å²) in [4.78, 5) is 11.0. The molecule has 0 fully saturated rings. The second-order valence-corrected chi connectivity index (χ2v) is 4.23. The Kier molecular flexibility index (Phi) is 6.94. The average Bonchev–Trinajstić information content (AvgIpc) is 2.39. The number of carbonyl (C=O) groups is 1. The summed E-state index contributed by atoms with van der Waals surface area (Å²) in [7, 11) is 0. The van der Waals surface area contributed by atoms with Crippen LogP contribution in [0.4, 0.5) is 0 Å². The minimum atomic E-state index is -1.10. The van der Waals surface area contributed by atoms with Crippen molar-refractivity contribution in [3.8, 4) is 0 Å². The summed E-state index contributed by atoms with van der Waals surface area (Å²) in [6.07, 6.45) is 5.72. The minimum Gasteiger partial charge on any atom is -0.382 e. The van der Waals surface area contributed by atoms with Gasteiger partial charge in [-0.05, 0) is 38.2 Å². The van der Waals surface area contributed by atoms with Crippen molar-refractivity contribution >= 4 is 5.78 Å². The lowest BCUT2D eigenvalue weighted by Crippen LogP contribution is -2.29. The maximum Gasteiger partial charge on any atom is 0.180 e. The van der Waals surface area contributed by atoms with Gasteiger partial charge in [0.2, 0.25) is 0 Å². The van der Waals surface area contributed by atoms with Crippen LogP contribution in [-0.2, 0) is 19.0 Å². The Balaban J connectivity index is 2.24. The van der Waals surface area contributed by atoms with Crippen LogP contribution in [0.1, 0.15) is 20.3 Å². The smallest absolute Gasteiger partial charge is 0.180 e. The zero-order valence-corrected chi connectivity index (χ0v) is 11.5. The lowest BCUT2D eigenvalue weighted by atomic mass is 9.94. The molecule has 0 aromatic rings. The fourth-order valence-electron chi connectivity index (χ4n) is 1.66. The lowest BCUT2D eigenvalue weighted by Gasteiger charge is -2.23.